The third kappa shape index (κ3) is 8.18. The first-order valence-electron chi connectivity index (χ1n) is 12.8. The van der Waals surface area contributed by atoms with Crippen LogP contribution in [-0.2, 0) is 21.9 Å². The smallest absolute Gasteiger partial charge is 0.260 e. The highest BCUT2D eigenvalue weighted by molar-refractivity contribution is 8.76. The van der Waals surface area contributed by atoms with Gasteiger partial charge in [-0.25, -0.2) is 0 Å². The Bertz CT molecular complexity index is 1400. The molecule has 0 saturated heterocycles. The Kier molecular flexibility index (Phi) is 10.6. The molecule has 39 heavy (non-hydrogen) atoms. The average molecular weight is 575 g/mol. The molecule has 0 aliphatic carbocycles. The van der Waals surface area contributed by atoms with Gasteiger partial charge in [0.15, 0.2) is 0 Å². The SMILES string of the molecule is CC(CCC(=O)CCC(=O)N1Cc2ccccc2C#Cc2ccccc21)SSCc1ccc(C(=O)NS)cc1. The summed E-state index contributed by atoms with van der Waals surface area (Å²) >= 11 is 3.79. The molecule has 1 N–H and O–H groups in total. The molecular formula is C31H30N2O3S3. The number of hydrogen-bond acceptors (Lipinski definition) is 6. The lowest BCUT2D eigenvalue weighted by Gasteiger charge is -2.26. The van der Waals surface area contributed by atoms with Gasteiger partial charge in [-0.3, -0.25) is 19.1 Å². The molecule has 1 atom stereocenters. The molecule has 4 rings (SSSR count). The number of Topliss-reactive ketones (excluding diaryl/α,β-unsaturated/α-hetero) is 1. The molecule has 3 aromatic carbocycles. The zero-order valence-electron chi connectivity index (χ0n) is 21.7. The van der Waals surface area contributed by atoms with Crippen molar-refractivity contribution < 1.29 is 14.4 Å². The van der Waals surface area contributed by atoms with Crippen molar-refractivity contribution in [3.8, 4) is 11.8 Å². The van der Waals surface area contributed by atoms with Gasteiger partial charge in [-0.2, -0.15) is 0 Å². The van der Waals surface area contributed by atoms with Crippen molar-refractivity contribution in [2.24, 2.45) is 0 Å². The number of thiol groups is 1. The molecule has 0 aromatic heterocycles. The van der Waals surface area contributed by atoms with Crippen LogP contribution in [0.15, 0.2) is 72.8 Å². The molecule has 2 amide bonds. The topological polar surface area (TPSA) is 66.5 Å². The van der Waals surface area contributed by atoms with Gasteiger partial charge < -0.3 is 4.90 Å². The summed E-state index contributed by atoms with van der Waals surface area (Å²) < 4.78 is 2.32. The van der Waals surface area contributed by atoms with Crippen molar-refractivity contribution >= 4 is 57.7 Å². The molecule has 1 aliphatic rings. The molecule has 200 valence electrons. The highest BCUT2D eigenvalue weighted by Gasteiger charge is 2.22. The van der Waals surface area contributed by atoms with E-state index in [1.54, 1.807) is 38.6 Å². The molecular weight excluding hydrogens is 545 g/mol. The van der Waals surface area contributed by atoms with Gasteiger partial charge in [-0.15, -0.1) is 0 Å². The van der Waals surface area contributed by atoms with Crippen LogP contribution in [0.5, 0.6) is 0 Å². The Balaban J connectivity index is 1.23. The Labute approximate surface area is 243 Å². The number of rotatable bonds is 11. The lowest BCUT2D eigenvalue weighted by atomic mass is 10.0. The van der Waals surface area contributed by atoms with Gasteiger partial charge in [-0.1, -0.05) is 95.6 Å². The first-order chi connectivity index (χ1) is 18.9. The second-order valence-electron chi connectivity index (χ2n) is 9.29. The van der Waals surface area contributed by atoms with Gasteiger partial charge in [-0.05, 0) is 47.9 Å². The average Bonchev–Trinajstić information content (AvgIpc) is 2.96. The maximum Gasteiger partial charge on any atom is 0.260 e. The summed E-state index contributed by atoms with van der Waals surface area (Å²) in [5.41, 5.74) is 5.23. The molecule has 5 nitrogen and oxygen atoms in total. The molecule has 1 aliphatic heterocycles. The van der Waals surface area contributed by atoms with Crippen molar-refractivity contribution in [2.75, 3.05) is 4.90 Å². The van der Waals surface area contributed by atoms with Crippen LogP contribution in [0.25, 0.3) is 0 Å². The van der Waals surface area contributed by atoms with Gasteiger partial charge in [0.1, 0.15) is 5.78 Å². The van der Waals surface area contributed by atoms with Crippen LogP contribution in [-0.4, -0.2) is 22.8 Å². The molecule has 3 aromatic rings. The van der Waals surface area contributed by atoms with E-state index in [2.05, 4.69) is 36.3 Å². The quantitative estimate of drug-likeness (QED) is 0.153. The van der Waals surface area contributed by atoms with Crippen LogP contribution in [0.2, 0.25) is 0 Å². The number of para-hydroxylation sites is 1. The summed E-state index contributed by atoms with van der Waals surface area (Å²) in [6.07, 6.45) is 1.64. The minimum Gasteiger partial charge on any atom is -0.307 e. The maximum absolute atomic E-state index is 13.3. The van der Waals surface area contributed by atoms with Crippen molar-refractivity contribution in [3.63, 3.8) is 0 Å². The predicted octanol–water partition coefficient (Wildman–Crippen LogP) is 6.61. The van der Waals surface area contributed by atoms with Crippen LogP contribution in [0.1, 0.15) is 65.2 Å². The fraction of sp³-hybridized carbons (Fsp3) is 0.258. The van der Waals surface area contributed by atoms with E-state index in [0.717, 1.165) is 40.1 Å². The van der Waals surface area contributed by atoms with E-state index in [9.17, 15) is 14.4 Å². The fourth-order valence-corrected chi connectivity index (χ4v) is 6.73. The van der Waals surface area contributed by atoms with Crippen molar-refractivity contribution in [1.29, 1.82) is 0 Å². The summed E-state index contributed by atoms with van der Waals surface area (Å²) in [7, 11) is 3.48. The minimum atomic E-state index is -0.224. The number of carbonyl (C=O) groups is 3. The molecule has 1 heterocycles. The Morgan fingerprint density at radius 2 is 1.62 bits per heavy atom. The van der Waals surface area contributed by atoms with Gasteiger partial charge in [0.2, 0.25) is 5.91 Å². The first-order valence-corrected chi connectivity index (χ1v) is 15.6. The zero-order valence-corrected chi connectivity index (χ0v) is 24.2. The summed E-state index contributed by atoms with van der Waals surface area (Å²) in [5, 5.41) is 0.306. The van der Waals surface area contributed by atoms with Crippen LogP contribution in [0, 0.1) is 11.8 Å². The molecule has 8 heteroatoms. The number of benzene rings is 3. The van der Waals surface area contributed by atoms with E-state index in [1.807, 2.05) is 60.7 Å². The Morgan fingerprint density at radius 3 is 2.38 bits per heavy atom. The van der Waals surface area contributed by atoms with E-state index in [1.165, 1.54) is 0 Å². The van der Waals surface area contributed by atoms with Gasteiger partial charge in [0.25, 0.3) is 5.91 Å². The number of ketones is 1. The standard InChI is InChI=1S/C31H30N2O3S3/c1-22(39-38-21-23-11-13-26(14-12-23)31(36)32-37)10-17-28(34)18-19-30(35)33-20-27-8-3-2-6-24(27)15-16-25-7-4-5-9-29(25)33/h2-9,11-14,22,37H,10,17-21H2,1H3,(H,32,36). The number of hydrogen-bond donors (Lipinski definition) is 2. The van der Waals surface area contributed by atoms with Crippen LogP contribution >= 0.6 is 34.4 Å². The molecule has 0 radical (unpaired) electrons. The number of fused-ring (bicyclic) bond motifs is 2. The lowest BCUT2D eigenvalue weighted by Crippen LogP contribution is -2.32. The monoisotopic (exact) mass is 574 g/mol. The van der Waals surface area contributed by atoms with Gasteiger partial charge in [0.05, 0.1) is 12.2 Å². The largest absolute Gasteiger partial charge is 0.307 e. The normalized spacial score (nSPS) is 12.6. The maximum atomic E-state index is 13.3. The van der Waals surface area contributed by atoms with Crippen LogP contribution < -0.4 is 9.62 Å². The van der Waals surface area contributed by atoms with E-state index >= 15 is 0 Å². The second-order valence-corrected chi connectivity index (χ2v) is 12.3. The third-order valence-electron chi connectivity index (χ3n) is 6.40. The molecule has 0 spiro atoms. The Hall–Kier alpha value is -3.12. The number of nitrogens with one attached hydrogen (secondary N) is 1. The summed E-state index contributed by atoms with van der Waals surface area (Å²) in [5.74, 6) is 7.07. The van der Waals surface area contributed by atoms with Gasteiger partial charge in [0, 0.05) is 47.0 Å². The van der Waals surface area contributed by atoms with Gasteiger partial charge >= 0.3 is 0 Å². The fourth-order valence-electron chi connectivity index (χ4n) is 4.16. The number of amides is 2. The Morgan fingerprint density at radius 1 is 0.923 bits per heavy atom. The van der Waals surface area contributed by atoms with Crippen LogP contribution in [0.3, 0.4) is 0 Å². The van der Waals surface area contributed by atoms with E-state index in [-0.39, 0.29) is 30.4 Å². The summed E-state index contributed by atoms with van der Waals surface area (Å²) in [6, 6.07) is 23.0. The van der Waals surface area contributed by atoms with Crippen molar-refractivity contribution in [2.45, 2.75) is 50.2 Å². The lowest BCUT2D eigenvalue weighted by molar-refractivity contribution is -0.124. The molecule has 0 fully saturated rings. The number of anilines is 1. The third-order valence-corrected chi connectivity index (χ3v) is 9.50. The number of nitrogens with zero attached hydrogens (tertiary/aromatic N) is 1. The van der Waals surface area contributed by atoms with Crippen molar-refractivity contribution in [1.82, 2.24) is 4.72 Å². The van der Waals surface area contributed by atoms with E-state index < -0.39 is 0 Å². The minimum absolute atomic E-state index is 0.0647. The molecule has 1 unspecified atom stereocenters. The predicted molar refractivity (Wildman–Crippen MR) is 165 cm³/mol. The molecule has 0 bridgehead atoms. The first kappa shape index (κ1) is 28.9. The summed E-state index contributed by atoms with van der Waals surface area (Å²) in [6.45, 7) is 2.55. The van der Waals surface area contributed by atoms with Crippen molar-refractivity contribution in [3.05, 3.63) is 101 Å². The number of carbonyl (C=O) groups excluding carboxylic acids is 3. The van der Waals surface area contributed by atoms with Crippen LogP contribution in [0.4, 0.5) is 5.69 Å². The van der Waals surface area contributed by atoms with E-state index in [4.69, 9.17) is 0 Å². The highest BCUT2D eigenvalue weighted by Crippen LogP contribution is 2.32. The second kappa shape index (κ2) is 14.3. The summed E-state index contributed by atoms with van der Waals surface area (Å²) in [4.78, 5) is 39.3. The zero-order chi connectivity index (χ0) is 27.6. The molecule has 0 saturated carbocycles. The highest BCUT2D eigenvalue weighted by atomic mass is 33.1. The van der Waals surface area contributed by atoms with E-state index in [0.29, 0.717) is 23.8 Å².